The van der Waals surface area contributed by atoms with Crippen LogP contribution < -0.4 is 11.1 Å². The lowest BCUT2D eigenvalue weighted by Crippen LogP contribution is -2.37. The highest BCUT2D eigenvalue weighted by Crippen LogP contribution is 2.32. The van der Waals surface area contributed by atoms with E-state index < -0.39 is 23.1 Å². The Hall–Kier alpha value is -1.27. The number of halogens is 4. The summed E-state index contributed by atoms with van der Waals surface area (Å²) in [7, 11) is 0. The van der Waals surface area contributed by atoms with E-state index in [9.17, 15) is 18.0 Å². The van der Waals surface area contributed by atoms with E-state index in [-0.39, 0.29) is 24.6 Å². The van der Waals surface area contributed by atoms with Crippen LogP contribution in [0.25, 0.3) is 0 Å². The normalized spacial score (nSPS) is 11.8. The SMILES string of the molecule is Cc1ccc(C(F)(F)F)cc1NC(=O)C(C)(C)CN.Cl. The highest BCUT2D eigenvalue weighted by Gasteiger charge is 2.32. The van der Waals surface area contributed by atoms with Gasteiger partial charge in [0.2, 0.25) is 5.91 Å². The minimum atomic E-state index is -4.43. The van der Waals surface area contributed by atoms with Gasteiger partial charge in [0.15, 0.2) is 0 Å². The molecule has 1 amide bonds. The van der Waals surface area contributed by atoms with E-state index in [0.717, 1.165) is 12.1 Å². The molecule has 3 nitrogen and oxygen atoms in total. The highest BCUT2D eigenvalue weighted by molar-refractivity contribution is 5.95. The largest absolute Gasteiger partial charge is 0.416 e. The lowest BCUT2D eigenvalue weighted by atomic mass is 9.92. The van der Waals surface area contributed by atoms with Gasteiger partial charge in [0.25, 0.3) is 0 Å². The third-order valence-electron chi connectivity index (χ3n) is 2.94. The molecule has 0 atom stereocenters. The Morgan fingerprint density at radius 2 is 1.85 bits per heavy atom. The van der Waals surface area contributed by atoms with Gasteiger partial charge in [-0.3, -0.25) is 4.79 Å². The van der Waals surface area contributed by atoms with Crippen molar-refractivity contribution in [1.82, 2.24) is 0 Å². The summed E-state index contributed by atoms with van der Waals surface area (Å²) in [5, 5.41) is 2.49. The number of aryl methyl sites for hydroxylation is 1. The third-order valence-corrected chi connectivity index (χ3v) is 2.94. The lowest BCUT2D eigenvalue weighted by Gasteiger charge is -2.22. The fraction of sp³-hybridized carbons (Fsp3) is 0.462. The summed E-state index contributed by atoms with van der Waals surface area (Å²) in [6.07, 6.45) is -4.43. The average molecular weight is 311 g/mol. The zero-order valence-electron chi connectivity index (χ0n) is 11.5. The van der Waals surface area contributed by atoms with Gasteiger partial charge in [0.05, 0.1) is 11.0 Å². The smallest absolute Gasteiger partial charge is 0.329 e. The zero-order valence-corrected chi connectivity index (χ0v) is 12.3. The molecule has 114 valence electrons. The number of anilines is 1. The van der Waals surface area contributed by atoms with E-state index in [1.54, 1.807) is 20.8 Å². The van der Waals surface area contributed by atoms with Crippen LogP contribution in [0.1, 0.15) is 25.0 Å². The molecular formula is C13H18ClF3N2O. The van der Waals surface area contributed by atoms with E-state index in [4.69, 9.17) is 5.73 Å². The maximum Gasteiger partial charge on any atom is 0.416 e. The Morgan fingerprint density at radius 3 is 2.30 bits per heavy atom. The molecule has 0 spiro atoms. The maximum absolute atomic E-state index is 12.6. The molecule has 1 aromatic rings. The summed E-state index contributed by atoms with van der Waals surface area (Å²) in [4.78, 5) is 11.9. The van der Waals surface area contributed by atoms with Crippen molar-refractivity contribution in [3.05, 3.63) is 29.3 Å². The van der Waals surface area contributed by atoms with Gasteiger partial charge in [-0.15, -0.1) is 12.4 Å². The molecule has 0 fully saturated rings. The first-order valence-corrected chi connectivity index (χ1v) is 5.77. The van der Waals surface area contributed by atoms with Gasteiger partial charge in [0, 0.05) is 12.2 Å². The minimum Gasteiger partial charge on any atom is -0.329 e. The van der Waals surface area contributed by atoms with Gasteiger partial charge in [-0.05, 0) is 38.5 Å². The van der Waals surface area contributed by atoms with E-state index in [1.807, 2.05) is 0 Å². The van der Waals surface area contributed by atoms with Crippen LogP contribution in [0.4, 0.5) is 18.9 Å². The van der Waals surface area contributed by atoms with Crippen molar-refractivity contribution in [2.45, 2.75) is 26.9 Å². The number of amides is 1. The number of carbonyl (C=O) groups excluding carboxylic acids is 1. The Kier molecular flexibility index (Phi) is 6.04. The monoisotopic (exact) mass is 310 g/mol. The first kappa shape index (κ1) is 18.7. The van der Waals surface area contributed by atoms with Crippen LogP contribution in [0.3, 0.4) is 0 Å². The summed E-state index contributed by atoms with van der Waals surface area (Å²) in [5.74, 6) is -0.405. The number of rotatable bonds is 3. The lowest BCUT2D eigenvalue weighted by molar-refractivity contribution is -0.137. The van der Waals surface area contributed by atoms with E-state index in [0.29, 0.717) is 5.56 Å². The van der Waals surface area contributed by atoms with Gasteiger partial charge in [-0.1, -0.05) is 6.07 Å². The molecule has 0 aliphatic rings. The van der Waals surface area contributed by atoms with Crippen LogP contribution >= 0.6 is 12.4 Å². The minimum absolute atomic E-state index is 0. The molecule has 0 heterocycles. The molecule has 7 heteroatoms. The van der Waals surface area contributed by atoms with E-state index >= 15 is 0 Å². The standard InChI is InChI=1S/C13H17F3N2O.ClH/c1-8-4-5-9(13(14,15)16)6-10(8)18-11(19)12(2,3)7-17;/h4-6H,7,17H2,1-3H3,(H,18,19);1H. The zero-order chi connectivity index (χ0) is 14.8. The molecule has 1 rings (SSSR count). The predicted octanol–water partition coefficient (Wildman–Crippen LogP) is 3.36. The van der Waals surface area contributed by atoms with Crippen LogP contribution in [0.5, 0.6) is 0 Å². The highest BCUT2D eigenvalue weighted by atomic mass is 35.5. The van der Waals surface area contributed by atoms with Crippen molar-refractivity contribution < 1.29 is 18.0 Å². The third kappa shape index (κ3) is 4.38. The Bertz CT molecular complexity index is 487. The number of nitrogens with two attached hydrogens (primary N) is 1. The second-order valence-electron chi connectivity index (χ2n) is 5.07. The fourth-order valence-electron chi connectivity index (χ4n) is 1.32. The first-order chi connectivity index (χ1) is 8.58. The Balaban J connectivity index is 0.00000361. The number of alkyl halides is 3. The van der Waals surface area contributed by atoms with Crippen LogP contribution in [0.15, 0.2) is 18.2 Å². The number of nitrogens with one attached hydrogen (secondary N) is 1. The molecule has 0 bridgehead atoms. The molecule has 0 saturated heterocycles. The molecule has 1 aromatic carbocycles. The summed E-state index contributed by atoms with van der Waals surface area (Å²) in [6, 6.07) is 3.24. The number of carbonyl (C=O) groups is 1. The molecule has 3 N–H and O–H groups in total. The first-order valence-electron chi connectivity index (χ1n) is 5.77. The predicted molar refractivity (Wildman–Crippen MR) is 74.9 cm³/mol. The van der Waals surface area contributed by atoms with Crippen LogP contribution in [0.2, 0.25) is 0 Å². The van der Waals surface area contributed by atoms with Crippen LogP contribution in [-0.4, -0.2) is 12.5 Å². The van der Waals surface area contributed by atoms with Crippen LogP contribution in [0, 0.1) is 12.3 Å². The summed E-state index contributed by atoms with van der Waals surface area (Å²) < 4.78 is 37.8. The second kappa shape index (κ2) is 6.45. The van der Waals surface area contributed by atoms with Crippen LogP contribution in [-0.2, 0) is 11.0 Å². The molecule has 0 aromatic heterocycles. The van der Waals surface area contributed by atoms with Crippen molar-refractivity contribution in [3.63, 3.8) is 0 Å². The number of benzene rings is 1. The summed E-state index contributed by atoms with van der Waals surface area (Å²) in [6.45, 7) is 5.00. The van der Waals surface area contributed by atoms with Gasteiger partial charge >= 0.3 is 6.18 Å². The average Bonchev–Trinajstić information content (AvgIpc) is 2.30. The topological polar surface area (TPSA) is 55.1 Å². The quantitative estimate of drug-likeness (QED) is 0.899. The van der Waals surface area contributed by atoms with Gasteiger partial charge in [0.1, 0.15) is 0 Å². The number of hydrogen-bond donors (Lipinski definition) is 2. The maximum atomic E-state index is 12.6. The van der Waals surface area contributed by atoms with Crippen molar-refractivity contribution in [3.8, 4) is 0 Å². The summed E-state index contributed by atoms with van der Waals surface area (Å²) >= 11 is 0. The van der Waals surface area contributed by atoms with Crippen molar-refractivity contribution in [2.75, 3.05) is 11.9 Å². The molecule has 0 saturated carbocycles. The molecular weight excluding hydrogens is 293 g/mol. The second-order valence-corrected chi connectivity index (χ2v) is 5.07. The molecule has 0 radical (unpaired) electrons. The summed E-state index contributed by atoms with van der Waals surface area (Å²) in [5.41, 5.74) is 4.55. The Labute approximate surface area is 122 Å². The van der Waals surface area contributed by atoms with E-state index in [2.05, 4.69) is 5.32 Å². The van der Waals surface area contributed by atoms with Crippen molar-refractivity contribution >= 4 is 24.0 Å². The van der Waals surface area contributed by atoms with Gasteiger partial charge in [-0.25, -0.2) is 0 Å². The molecule has 0 unspecified atom stereocenters. The van der Waals surface area contributed by atoms with Crippen molar-refractivity contribution in [1.29, 1.82) is 0 Å². The Morgan fingerprint density at radius 1 is 1.30 bits per heavy atom. The van der Waals surface area contributed by atoms with Gasteiger partial charge < -0.3 is 11.1 Å². The van der Waals surface area contributed by atoms with Crippen molar-refractivity contribution in [2.24, 2.45) is 11.1 Å². The molecule has 0 aliphatic carbocycles. The van der Waals surface area contributed by atoms with E-state index in [1.165, 1.54) is 6.07 Å². The molecule has 20 heavy (non-hydrogen) atoms. The van der Waals surface area contributed by atoms with Gasteiger partial charge in [-0.2, -0.15) is 13.2 Å². The fourth-order valence-corrected chi connectivity index (χ4v) is 1.32. The molecule has 0 aliphatic heterocycles. The number of hydrogen-bond acceptors (Lipinski definition) is 2.